The van der Waals surface area contributed by atoms with Crippen molar-refractivity contribution in [2.24, 2.45) is 52.1 Å². The summed E-state index contributed by atoms with van der Waals surface area (Å²) >= 11 is 0. The lowest BCUT2D eigenvalue weighted by atomic mass is 9.47. The average Bonchev–Trinajstić information content (AvgIpc) is 3.40. The van der Waals surface area contributed by atoms with Gasteiger partial charge in [-0.2, -0.15) is 0 Å². The number of hydrogen-bond acceptors (Lipinski definition) is 5. The molecule has 0 heterocycles. The van der Waals surface area contributed by atoms with Crippen LogP contribution in [0.3, 0.4) is 0 Å². The van der Waals surface area contributed by atoms with E-state index >= 15 is 0 Å². The Hall–Kier alpha value is -0.950. The molecule has 0 spiro atoms. The second kappa shape index (κ2) is 17.7. The van der Waals surface area contributed by atoms with E-state index in [4.69, 9.17) is 19.9 Å². The second-order valence-electron chi connectivity index (χ2n) is 18.7. The van der Waals surface area contributed by atoms with Gasteiger partial charge in [0.05, 0.1) is 37.1 Å². The van der Waals surface area contributed by atoms with E-state index in [2.05, 4.69) is 73.7 Å². The molecular weight excluding hydrogens is 608 g/mol. The van der Waals surface area contributed by atoms with E-state index < -0.39 is 0 Å². The smallest absolute Gasteiger partial charge is 0.222 e. The molecule has 0 aromatic rings. The first kappa shape index (κ1) is 40.8. The van der Waals surface area contributed by atoms with Crippen LogP contribution in [-0.2, 0) is 19.0 Å². The summed E-state index contributed by atoms with van der Waals surface area (Å²) in [4.78, 5) is 12.6. The monoisotopic (exact) mass is 687 g/mol. The molecule has 9 atom stereocenters. The molecule has 49 heavy (non-hydrogen) atoms. The highest BCUT2D eigenvalue weighted by Crippen LogP contribution is 2.67. The zero-order valence-corrected chi connectivity index (χ0v) is 33.5. The Morgan fingerprint density at radius 1 is 0.980 bits per heavy atom. The third kappa shape index (κ3) is 10.4. The lowest BCUT2D eigenvalue weighted by molar-refractivity contribution is -0.125. The molecule has 4 rings (SSSR count). The average molecular weight is 687 g/mol. The van der Waals surface area contributed by atoms with Crippen LogP contribution >= 0.6 is 0 Å². The molecular formula is C43H78N2O4. The highest BCUT2D eigenvalue weighted by molar-refractivity contribution is 5.75. The zero-order chi connectivity index (χ0) is 35.9. The van der Waals surface area contributed by atoms with Crippen molar-refractivity contribution < 1.29 is 19.0 Å². The van der Waals surface area contributed by atoms with Crippen LogP contribution in [0.15, 0.2) is 11.6 Å². The third-order valence-electron chi connectivity index (χ3n) is 14.4. The number of nitrogens with one attached hydrogen (secondary N) is 1. The number of fused-ring (bicyclic) bond motifs is 5. The largest absolute Gasteiger partial charge is 0.376 e. The third-order valence-corrected chi connectivity index (χ3v) is 14.4. The summed E-state index contributed by atoms with van der Waals surface area (Å²) in [6.07, 6.45) is 20.5. The maximum atomic E-state index is 12.6. The van der Waals surface area contributed by atoms with Gasteiger partial charge in [0.25, 0.3) is 0 Å². The minimum absolute atomic E-state index is 0.0306. The molecule has 0 aliphatic heterocycles. The number of hydrogen-bond donors (Lipinski definition) is 2. The predicted molar refractivity (Wildman–Crippen MR) is 203 cm³/mol. The fraction of sp³-hybridized carbons (Fsp3) is 0.930. The molecule has 0 aromatic heterocycles. The lowest BCUT2D eigenvalue weighted by Crippen LogP contribution is -2.51. The van der Waals surface area contributed by atoms with Crippen LogP contribution < -0.4 is 11.1 Å². The molecule has 0 radical (unpaired) electrons. The topological polar surface area (TPSA) is 82.8 Å². The molecule has 4 aliphatic carbocycles. The Bertz CT molecular complexity index is 1070. The van der Waals surface area contributed by atoms with E-state index in [1.807, 2.05) is 0 Å². The Morgan fingerprint density at radius 3 is 2.47 bits per heavy atom. The fourth-order valence-corrected chi connectivity index (χ4v) is 11.0. The number of carbonyl (C=O) groups is 1. The van der Waals surface area contributed by atoms with Crippen LogP contribution in [0.25, 0.3) is 0 Å². The van der Waals surface area contributed by atoms with Crippen molar-refractivity contribution in [3.63, 3.8) is 0 Å². The molecule has 284 valence electrons. The molecule has 3 fully saturated rings. The molecule has 0 saturated heterocycles. The van der Waals surface area contributed by atoms with Gasteiger partial charge in [0.1, 0.15) is 0 Å². The Kier molecular flexibility index (Phi) is 14.8. The van der Waals surface area contributed by atoms with Crippen molar-refractivity contribution in [2.75, 3.05) is 32.9 Å². The van der Waals surface area contributed by atoms with Crippen molar-refractivity contribution in [2.45, 2.75) is 176 Å². The number of carbonyl (C=O) groups excluding carboxylic acids is 1. The standard InChI is InChI=1S/C43H78N2O4/c1-10-41(7,24-28-48-40(5,6)23-25-44)49-27-20-39(46)45-26-29-47-34-18-21-42(8)33(30-34)14-15-35-37-17-16-36(32(4)13-11-12-31(2)3)43(37,9)22-19-38(35)42/h14,31-32,34-38H,10-13,15-30,44H2,1-9H3,(H,45,46)/t32-,34+,35?,36-,37?,38?,41?,42+,43-/m1/s1. The van der Waals surface area contributed by atoms with E-state index in [0.29, 0.717) is 50.2 Å². The van der Waals surface area contributed by atoms with E-state index in [0.717, 1.165) is 67.6 Å². The van der Waals surface area contributed by atoms with Gasteiger partial charge in [-0.15, -0.1) is 0 Å². The number of ether oxygens (including phenoxy) is 3. The minimum Gasteiger partial charge on any atom is -0.376 e. The maximum absolute atomic E-state index is 12.6. The summed E-state index contributed by atoms with van der Waals surface area (Å²) in [5.74, 6) is 5.26. The molecule has 4 aliphatic rings. The Labute approximate surface area is 302 Å². The molecule has 3 saturated carbocycles. The highest BCUT2D eigenvalue weighted by Gasteiger charge is 2.59. The lowest BCUT2D eigenvalue weighted by Gasteiger charge is -2.58. The van der Waals surface area contributed by atoms with Gasteiger partial charge in [0.2, 0.25) is 5.91 Å². The van der Waals surface area contributed by atoms with E-state index in [9.17, 15) is 4.79 Å². The SMILES string of the molecule is CCC(C)(CCOC(C)(C)CCN)OCCC(=O)NCCO[C@H]1CC[C@@]2(C)C(=CCC3C2CC[C@@]2(C)C3CC[C@@H]2[C@H](C)CCCC(C)C)C1. The minimum atomic E-state index is -0.298. The first-order valence-electron chi connectivity index (χ1n) is 20.7. The van der Waals surface area contributed by atoms with Crippen molar-refractivity contribution in [1.29, 1.82) is 0 Å². The van der Waals surface area contributed by atoms with Crippen molar-refractivity contribution in [1.82, 2.24) is 5.32 Å². The first-order chi connectivity index (χ1) is 23.2. The number of rotatable bonds is 20. The van der Waals surface area contributed by atoms with Gasteiger partial charge >= 0.3 is 0 Å². The molecule has 4 unspecified atom stereocenters. The van der Waals surface area contributed by atoms with E-state index in [-0.39, 0.29) is 23.2 Å². The summed E-state index contributed by atoms with van der Waals surface area (Å²) in [5.41, 5.74) is 7.76. The maximum Gasteiger partial charge on any atom is 0.222 e. The van der Waals surface area contributed by atoms with Crippen molar-refractivity contribution >= 4 is 5.91 Å². The second-order valence-corrected chi connectivity index (χ2v) is 18.7. The normalized spacial score (nSPS) is 33.3. The van der Waals surface area contributed by atoms with Crippen molar-refractivity contribution in [3.05, 3.63) is 11.6 Å². The van der Waals surface area contributed by atoms with Crippen LogP contribution in [-0.4, -0.2) is 56.1 Å². The van der Waals surface area contributed by atoms with Crippen LogP contribution in [0.5, 0.6) is 0 Å². The van der Waals surface area contributed by atoms with Gasteiger partial charge in [-0.05, 0) is 144 Å². The van der Waals surface area contributed by atoms with Gasteiger partial charge in [-0.1, -0.05) is 72.5 Å². The van der Waals surface area contributed by atoms with Gasteiger partial charge in [-0.3, -0.25) is 4.79 Å². The van der Waals surface area contributed by atoms with E-state index in [1.54, 1.807) is 5.57 Å². The molecule has 3 N–H and O–H groups in total. The molecule has 0 aromatic carbocycles. The van der Waals surface area contributed by atoms with Crippen LogP contribution in [0.4, 0.5) is 0 Å². The predicted octanol–water partition coefficient (Wildman–Crippen LogP) is 9.64. The summed E-state index contributed by atoms with van der Waals surface area (Å²) in [5, 5.41) is 3.06. The molecule has 6 nitrogen and oxygen atoms in total. The quantitative estimate of drug-likeness (QED) is 0.0985. The Balaban J connectivity index is 1.17. The summed E-state index contributed by atoms with van der Waals surface area (Å²) < 4.78 is 18.6. The Morgan fingerprint density at radius 2 is 1.76 bits per heavy atom. The van der Waals surface area contributed by atoms with Crippen LogP contribution in [0.1, 0.15) is 159 Å². The number of allylic oxidation sites excluding steroid dienone is 1. The van der Waals surface area contributed by atoms with Crippen molar-refractivity contribution in [3.8, 4) is 0 Å². The number of amides is 1. The van der Waals surface area contributed by atoms with Gasteiger partial charge in [0.15, 0.2) is 0 Å². The molecule has 0 bridgehead atoms. The van der Waals surface area contributed by atoms with Gasteiger partial charge in [0, 0.05) is 13.0 Å². The first-order valence-corrected chi connectivity index (χ1v) is 20.7. The van der Waals surface area contributed by atoms with Crippen LogP contribution in [0, 0.1) is 46.3 Å². The van der Waals surface area contributed by atoms with Gasteiger partial charge < -0.3 is 25.3 Å². The van der Waals surface area contributed by atoms with Crippen LogP contribution in [0.2, 0.25) is 0 Å². The molecule has 6 heteroatoms. The van der Waals surface area contributed by atoms with Gasteiger partial charge in [-0.25, -0.2) is 0 Å². The summed E-state index contributed by atoms with van der Waals surface area (Å²) in [6.45, 7) is 23.8. The molecule has 1 amide bonds. The summed E-state index contributed by atoms with van der Waals surface area (Å²) in [7, 11) is 0. The zero-order valence-electron chi connectivity index (χ0n) is 33.5. The highest BCUT2D eigenvalue weighted by atomic mass is 16.5. The van der Waals surface area contributed by atoms with E-state index in [1.165, 1.54) is 57.8 Å². The number of nitrogens with two attached hydrogens (primary N) is 1. The fourth-order valence-electron chi connectivity index (χ4n) is 11.0. The summed E-state index contributed by atoms with van der Waals surface area (Å²) in [6, 6.07) is 0.